The summed E-state index contributed by atoms with van der Waals surface area (Å²) in [6.45, 7) is 0. The van der Waals surface area contributed by atoms with E-state index in [0.717, 1.165) is 0 Å². The van der Waals surface area contributed by atoms with Crippen molar-refractivity contribution in [1.82, 2.24) is 5.32 Å². The molecule has 4 nitrogen and oxygen atoms in total. The van der Waals surface area contributed by atoms with Crippen LogP contribution in [0, 0.1) is 0 Å². The Bertz CT molecular complexity index is 835. The van der Waals surface area contributed by atoms with Gasteiger partial charge < -0.3 is 5.32 Å². The number of hydrogen-bond acceptors (Lipinski definition) is 3. The molecule has 1 amide bonds. The number of carbonyl (C=O) groups excluding carboxylic acids is 1. The minimum Gasteiger partial charge on any atom is -0.332 e. The first-order valence-electron chi connectivity index (χ1n) is 6.55. The standard InChI is InChI=1S/C15H11Cl4NO3S/c16-12-9-5-4-8-11(12)13(21)20-14(15(17,18)19)24(22,23)10-6-2-1-3-7-10/h1-9,14H,(H,20,21)/t14-/m1/s1. The van der Waals surface area contributed by atoms with E-state index in [2.05, 4.69) is 5.32 Å². The molecule has 0 aliphatic carbocycles. The number of alkyl halides is 3. The second-order valence-electron chi connectivity index (χ2n) is 4.73. The van der Waals surface area contributed by atoms with Crippen LogP contribution in [0.15, 0.2) is 59.5 Å². The van der Waals surface area contributed by atoms with Crippen molar-refractivity contribution in [2.75, 3.05) is 0 Å². The maximum Gasteiger partial charge on any atom is 0.253 e. The van der Waals surface area contributed by atoms with E-state index >= 15 is 0 Å². The van der Waals surface area contributed by atoms with E-state index in [1.165, 1.54) is 36.4 Å². The Kier molecular flexibility index (Phi) is 6.04. The minimum atomic E-state index is -4.15. The number of nitrogens with one attached hydrogen (secondary N) is 1. The number of rotatable bonds is 4. The maximum absolute atomic E-state index is 12.7. The Hall–Kier alpha value is -0.980. The molecule has 0 spiro atoms. The highest BCUT2D eigenvalue weighted by Crippen LogP contribution is 2.36. The molecule has 0 saturated heterocycles. The minimum absolute atomic E-state index is 0.0710. The molecule has 24 heavy (non-hydrogen) atoms. The van der Waals surface area contributed by atoms with Crippen LogP contribution in [0.3, 0.4) is 0 Å². The summed E-state index contributed by atoms with van der Waals surface area (Å²) in [5.74, 6) is -0.767. The van der Waals surface area contributed by atoms with Crippen LogP contribution in [-0.4, -0.2) is 23.5 Å². The first-order chi connectivity index (χ1) is 11.1. The van der Waals surface area contributed by atoms with Gasteiger partial charge in [0.1, 0.15) is 0 Å². The second kappa shape index (κ2) is 7.50. The van der Waals surface area contributed by atoms with E-state index in [1.807, 2.05) is 0 Å². The van der Waals surface area contributed by atoms with Gasteiger partial charge in [-0.2, -0.15) is 0 Å². The zero-order valence-electron chi connectivity index (χ0n) is 11.9. The number of hydrogen-bond donors (Lipinski definition) is 1. The fourth-order valence-electron chi connectivity index (χ4n) is 1.92. The second-order valence-corrected chi connectivity index (χ2v) is 9.54. The molecule has 1 atom stereocenters. The smallest absolute Gasteiger partial charge is 0.253 e. The van der Waals surface area contributed by atoms with Crippen molar-refractivity contribution < 1.29 is 13.2 Å². The molecule has 9 heteroatoms. The van der Waals surface area contributed by atoms with E-state index in [-0.39, 0.29) is 15.5 Å². The summed E-state index contributed by atoms with van der Waals surface area (Å²) in [5.41, 5.74) is 0.0710. The molecule has 0 aliphatic heterocycles. The van der Waals surface area contributed by atoms with E-state index in [4.69, 9.17) is 46.4 Å². The van der Waals surface area contributed by atoms with Crippen molar-refractivity contribution in [2.24, 2.45) is 0 Å². The third kappa shape index (κ3) is 4.35. The Labute approximate surface area is 159 Å². The number of amides is 1. The third-order valence-corrected chi connectivity index (χ3v) is 6.45. The predicted octanol–water partition coefficient (Wildman–Crippen LogP) is 4.24. The first-order valence-corrected chi connectivity index (χ1v) is 9.61. The van der Waals surface area contributed by atoms with Crippen LogP contribution in [0.4, 0.5) is 0 Å². The normalized spacial score (nSPS) is 13.3. The van der Waals surface area contributed by atoms with Gasteiger partial charge in [-0.25, -0.2) is 8.42 Å². The maximum atomic E-state index is 12.7. The van der Waals surface area contributed by atoms with Gasteiger partial charge >= 0.3 is 0 Å². The lowest BCUT2D eigenvalue weighted by atomic mass is 10.2. The summed E-state index contributed by atoms with van der Waals surface area (Å²) in [6, 6.07) is 13.5. The number of sulfone groups is 1. The highest BCUT2D eigenvalue weighted by Gasteiger charge is 2.44. The predicted molar refractivity (Wildman–Crippen MR) is 96.6 cm³/mol. The Morgan fingerprint density at radius 3 is 2.04 bits per heavy atom. The Balaban J connectivity index is 2.41. The largest absolute Gasteiger partial charge is 0.332 e. The summed E-state index contributed by atoms with van der Waals surface area (Å²) < 4.78 is 23.2. The number of carbonyl (C=O) groups is 1. The van der Waals surface area contributed by atoms with Gasteiger partial charge in [-0.05, 0) is 24.3 Å². The summed E-state index contributed by atoms with van der Waals surface area (Å²) >= 11 is 23.4. The number of benzene rings is 2. The molecule has 1 N–H and O–H groups in total. The lowest BCUT2D eigenvalue weighted by molar-refractivity contribution is 0.0948. The molecule has 2 rings (SSSR count). The van der Waals surface area contributed by atoms with Crippen molar-refractivity contribution in [3.8, 4) is 0 Å². The van der Waals surface area contributed by atoms with Crippen LogP contribution in [0.1, 0.15) is 10.4 Å². The van der Waals surface area contributed by atoms with Crippen LogP contribution in [0.5, 0.6) is 0 Å². The zero-order chi connectivity index (χ0) is 18.0. The van der Waals surface area contributed by atoms with Gasteiger partial charge in [-0.3, -0.25) is 4.79 Å². The Morgan fingerprint density at radius 1 is 0.958 bits per heavy atom. The molecule has 0 bridgehead atoms. The van der Waals surface area contributed by atoms with Crippen LogP contribution in [0.2, 0.25) is 5.02 Å². The third-order valence-electron chi connectivity index (χ3n) is 3.06. The monoisotopic (exact) mass is 425 g/mol. The topological polar surface area (TPSA) is 63.2 Å². The van der Waals surface area contributed by atoms with Crippen molar-refractivity contribution in [3.63, 3.8) is 0 Å². The van der Waals surface area contributed by atoms with E-state index in [0.29, 0.717) is 0 Å². The molecule has 0 saturated carbocycles. The van der Waals surface area contributed by atoms with Crippen LogP contribution < -0.4 is 5.32 Å². The van der Waals surface area contributed by atoms with Crippen LogP contribution in [0.25, 0.3) is 0 Å². The number of halogens is 4. The van der Waals surface area contributed by atoms with Gasteiger partial charge in [0.25, 0.3) is 5.91 Å². The molecule has 0 fully saturated rings. The van der Waals surface area contributed by atoms with Gasteiger partial charge in [-0.15, -0.1) is 0 Å². The van der Waals surface area contributed by atoms with Crippen molar-refractivity contribution >= 4 is 62.1 Å². The molecule has 2 aromatic rings. The summed E-state index contributed by atoms with van der Waals surface area (Å²) in [7, 11) is -4.15. The highest BCUT2D eigenvalue weighted by atomic mass is 35.6. The van der Waals surface area contributed by atoms with E-state index in [1.54, 1.807) is 18.2 Å². The molecule has 128 valence electrons. The summed E-state index contributed by atoms with van der Waals surface area (Å²) in [6.07, 6.45) is 0. The van der Waals surface area contributed by atoms with Crippen molar-refractivity contribution in [3.05, 3.63) is 65.2 Å². The van der Waals surface area contributed by atoms with Gasteiger partial charge in [0.15, 0.2) is 5.37 Å². The molecule has 2 aromatic carbocycles. The Morgan fingerprint density at radius 2 is 1.50 bits per heavy atom. The zero-order valence-corrected chi connectivity index (χ0v) is 15.8. The average Bonchev–Trinajstić information content (AvgIpc) is 2.52. The molecular formula is C15H11Cl4NO3S. The molecular weight excluding hydrogens is 416 g/mol. The van der Waals surface area contributed by atoms with Gasteiger partial charge in [-0.1, -0.05) is 76.7 Å². The van der Waals surface area contributed by atoms with Crippen molar-refractivity contribution in [2.45, 2.75) is 14.1 Å². The van der Waals surface area contributed by atoms with Gasteiger partial charge in [0, 0.05) is 0 Å². The highest BCUT2D eigenvalue weighted by molar-refractivity contribution is 7.92. The van der Waals surface area contributed by atoms with E-state index in [9.17, 15) is 13.2 Å². The summed E-state index contributed by atoms with van der Waals surface area (Å²) in [5, 5.41) is 0.603. The molecule has 0 aliphatic rings. The molecule has 0 unspecified atom stereocenters. The van der Waals surface area contributed by atoms with Gasteiger partial charge in [0.05, 0.1) is 15.5 Å². The quantitative estimate of drug-likeness (QED) is 0.743. The van der Waals surface area contributed by atoms with Crippen LogP contribution >= 0.6 is 46.4 Å². The first kappa shape index (κ1) is 19.3. The van der Waals surface area contributed by atoms with Crippen LogP contribution in [-0.2, 0) is 9.84 Å². The lowest BCUT2D eigenvalue weighted by Gasteiger charge is -2.25. The fraction of sp³-hybridized carbons (Fsp3) is 0.133. The lowest BCUT2D eigenvalue weighted by Crippen LogP contribution is -2.49. The van der Waals surface area contributed by atoms with E-state index < -0.39 is 24.9 Å². The molecule has 0 aromatic heterocycles. The fourth-order valence-corrected chi connectivity index (χ4v) is 4.79. The average molecular weight is 427 g/mol. The van der Waals surface area contributed by atoms with Gasteiger partial charge in [0.2, 0.25) is 13.6 Å². The summed E-state index contributed by atoms with van der Waals surface area (Å²) in [4.78, 5) is 12.3. The molecule has 0 radical (unpaired) electrons. The van der Waals surface area contributed by atoms with Crippen molar-refractivity contribution in [1.29, 1.82) is 0 Å². The molecule has 0 heterocycles. The SMILES string of the molecule is O=C(N[C@@H](C(Cl)(Cl)Cl)S(=O)(=O)c1ccccc1)c1ccccc1Cl.